The van der Waals surface area contributed by atoms with Crippen LogP contribution in [-0.2, 0) is 21.2 Å². The van der Waals surface area contributed by atoms with Crippen LogP contribution in [0.5, 0.6) is 0 Å². The van der Waals surface area contributed by atoms with Crippen molar-refractivity contribution in [3.05, 3.63) is 42.1 Å². The molecule has 32 heavy (non-hydrogen) atoms. The molecule has 1 aromatic carbocycles. The summed E-state index contributed by atoms with van der Waals surface area (Å²) in [5.74, 6) is 1.10. The minimum Gasteiger partial charge on any atom is -0.369 e. The van der Waals surface area contributed by atoms with Gasteiger partial charge in [0, 0.05) is 51.2 Å². The van der Waals surface area contributed by atoms with Gasteiger partial charge >= 0.3 is 0 Å². The van der Waals surface area contributed by atoms with E-state index in [2.05, 4.69) is 31.1 Å². The third-order valence-electron chi connectivity index (χ3n) is 6.73. The van der Waals surface area contributed by atoms with Gasteiger partial charge in [0.1, 0.15) is 6.04 Å². The molecule has 2 fully saturated rings. The second-order valence-corrected chi connectivity index (χ2v) is 11.0. The summed E-state index contributed by atoms with van der Waals surface area (Å²) in [4.78, 5) is 24.3. The zero-order chi connectivity index (χ0) is 22.3. The van der Waals surface area contributed by atoms with Gasteiger partial charge in [0.2, 0.25) is 5.91 Å². The normalized spacial score (nSPS) is 21.3. The summed E-state index contributed by atoms with van der Waals surface area (Å²) in [5.41, 5.74) is 2.98. The number of nitrogens with zero attached hydrogens (tertiary/aromatic N) is 4. The van der Waals surface area contributed by atoms with Crippen molar-refractivity contribution >= 4 is 32.9 Å². The molecule has 3 aliphatic heterocycles. The molecule has 0 aliphatic carbocycles. The van der Waals surface area contributed by atoms with Crippen LogP contribution in [0, 0.1) is 0 Å². The van der Waals surface area contributed by atoms with Gasteiger partial charge in [0.05, 0.1) is 16.3 Å². The smallest absolute Gasteiger partial charge is 0.247 e. The molecule has 0 unspecified atom stereocenters. The molecule has 1 N–H and O–H groups in total. The van der Waals surface area contributed by atoms with Crippen molar-refractivity contribution in [1.29, 1.82) is 0 Å². The average molecular weight is 456 g/mol. The maximum absolute atomic E-state index is 12.4. The van der Waals surface area contributed by atoms with Crippen LogP contribution in [0.1, 0.15) is 25.3 Å². The lowest BCUT2D eigenvalue weighted by Gasteiger charge is -2.36. The van der Waals surface area contributed by atoms with E-state index in [-0.39, 0.29) is 17.7 Å². The molecule has 1 aromatic heterocycles. The standard InChI is InChI=1S/C23H29N5O3S/c1-2-32(30,31)19-7-5-18(6-8-19)27-12-10-26(11-13-27)16-17-14-20-22(24-15-17)28-9-3-4-21(28)23(29)25-20/h5-8,14-15,21H,2-4,9-13,16H2,1H3,(H,25,29)/t21-/m0/s1. The van der Waals surface area contributed by atoms with Crippen LogP contribution in [0.4, 0.5) is 17.2 Å². The first kappa shape index (κ1) is 21.2. The first-order valence-corrected chi connectivity index (χ1v) is 13.0. The molecule has 1 atom stereocenters. The van der Waals surface area contributed by atoms with Crippen molar-refractivity contribution in [2.45, 2.75) is 37.2 Å². The van der Waals surface area contributed by atoms with Gasteiger partial charge in [-0.1, -0.05) is 6.92 Å². The van der Waals surface area contributed by atoms with Crippen molar-refractivity contribution in [1.82, 2.24) is 9.88 Å². The van der Waals surface area contributed by atoms with Crippen molar-refractivity contribution in [2.75, 3.05) is 53.6 Å². The van der Waals surface area contributed by atoms with Gasteiger partial charge in [-0.15, -0.1) is 0 Å². The molecule has 4 heterocycles. The Kier molecular flexibility index (Phi) is 5.54. The fourth-order valence-electron chi connectivity index (χ4n) is 4.87. The molecular weight excluding hydrogens is 426 g/mol. The molecular formula is C23H29N5O3S. The van der Waals surface area contributed by atoms with Gasteiger partial charge < -0.3 is 15.1 Å². The van der Waals surface area contributed by atoms with Gasteiger partial charge in [0.15, 0.2) is 15.7 Å². The first-order chi connectivity index (χ1) is 15.4. The number of carbonyl (C=O) groups is 1. The van der Waals surface area contributed by atoms with E-state index in [1.54, 1.807) is 19.1 Å². The summed E-state index contributed by atoms with van der Waals surface area (Å²) < 4.78 is 24.0. The third kappa shape index (κ3) is 3.95. The van der Waals surface area contributed by atoms with E-state index < -0.39 is 9.84 Å². The molecule has 1 amide bonds. The van der Waals surface area contributed by atoms with Gasteiger partial charge in [-0.05, 0) is 48.7 Å². The molecule has 2 aromatic rings. The molecule has 0 radical (unpaired) electrons. The lowest BCUT2D eigenvalue weighted by atomic mass is 10.1. The summed E-state index contributed by atoms with van der Waals surface area (Å²) in [5, 5.41) is 3.04. The summed E-state index contributed by atoms with van der Waals surface area (Å²) in [6.07, 6.45) is 3.86. The number of benzene rings is 1. The van der Waals surface area contributed by atoms with E-state index in [1.807, 2.05) is 18.3 Å². The molecule has 5 rings (SSSR count). The summed E-state index contributed by atoms with van der Waals surface area (Å²) in [7, 11) is -3.17. The van der Waals surface area contributed by atoms with Crippen LogP contribution in [0.2, 0.25) is 0 Å². The highest BCUT2D eigenvalue weighted by Gasteiger charge is 2.37. The summed E-state index contributed by atoms with van der Waals surface area (Å²) >= 11 is 0. The molecule has 0 saturated carbocycles. The van der Waals surface area contributed by atoms with E-state index in [1.165, 1.54) is 0 Å². The lowest BCUT2D eigenvalue weighted by Crippen LogP contribution is -2.46. The largest absolute Gasteiger partial charge is 0.369 e. The number of fused-ring (bicyclic) bond motifs is 3. The molecule has 2 saturated heterocycles. The number of hydrogen-bond acceptors (Lipinski definition) is 7. The minimum atomic E-state index is -3.17. The van der Waals surface area contributed by atoms with Gasteiger partial charge in [-0.2, -0.15) is 0 Å². The highest BCUT2D eigenvalue weighted by Crippen LogP contribution is 2.35. The Morgan fingerprint density at radius 1 is 1.09 bits per heavy atom. The Labute approximate surface area is 189 Å². The maximum atomic E-state index is 12.4. The molecule has 170 valence electrons. The molecule has 8 nitrogen and oxygen atoms in total. The van der Waals surface area contributed by atoms with E-state index in [9.17, 15) is 13.2 Å². The Balaban J connectivity index is 1.20. The van der Waals surface area contributed by atoms with Crippen LogP contribution < -0.4 is 15.1 Å². The Hall–Kier alpha value is -2.65. The Morgan fingerprint density at radius 3 is 2.56 bits per heavy atom. The van der Waals surface area contributed by atoms with Gasteiger partial charge in [0.25, 0.3) is 0 Å². The van der Waals surface area contributed by atoms with Crippen molar-refractivity contribution in [3.8, 4) is 0 Å². The number of rotatable bonds is 5. The summed E-state index contributed by atoms with van der Waals surface area (Å²) in [6.45, 7) is 6.93. The van der Waals surface area contributed by atoms with Crippen LogP contribution >= 0.6 is 0 Å². The number of sulfone groups is 1. The van der Waals surface area contributed by atoms with E-state index >= 15 is 0 Å². The second-order valence-electron chi connectivity index (χ2n) is 8.72. The molecule has 0 bridgehead atoms. The van der Waals surface area contributed by atoms with Gasteiger partial charge in [-0.3, -0.25) is 9.69 Å². The van der Waals surface area contributed by atoms with E-state index in [4.69, 9.17) is 0 Å². The van der Waals surface area contributed by atoms with Crippen molar-refractivity contribution in [3.63, 3.8) is 0 Å². The Bertz CT molecular complexity index is 1110. The number of anilines is 3. The highest BCUT2D eigenvalue weighted by molar-refractivity contribution is 7.91. The quantitative estimate of drug-likeness (QED) is 0.739. The lowest BCUT2D eigenvalue weighted by molar-refractivity contribution is -0.117. The summed E-state index contributed by atoms with van der Waals surface area (Å²) in [6, 6.07) is 9.22. The zero-order valence-corrected chi connectivity index (χ0v) is 19.1. The molecule has 9 heteroatoms. The predicted octanol–water partition coefficient (Wildman–Crippen LogP) is 2.12. The topological polar surface area (TPSA) is 85.9 Å². The fourth-order valence-corrected chi connectivity index (χ4v) is 5.75. The number of piperazine rings is 1. The number of amides is 1. The Morgan fingerprint density at radius 2 is 1.84 bits per heavy atom. The van der Waals surface area contributed by atoms with E-state index in [0.29, 0.717) is 4.90 Å². The minimum absolute atomic E-state index is 0.0647. The van der Waals surface area contributed by atoms with Crippen LogP contribution in [0.3, 0.4) is 0 Å². The van der Waals surface area contributed by atoms with Crippen LogP contribution in [0.15, 0.2) is 41.4 Å². The van der Waals surface area contributed by atoms with Gasteiger partial charge in [-0.25, -0.2) is 13.4 Å². The van der Waals surface area contributed by atoms with Crippen LogP contribution in [-0.4, -0.2) is 68.7 Å². The predicted molar refractivity (Wildman–Crippen MR) is 125 cm³/mol. The van der Waals surface area contributed by atoms with Crippen molar-refractivity contribution < 1.29 is 13.2 Å². The fraction of sp³-hybridized carbons (Fsp3) is 0.478. The molecule has 3 aliphatic rings. The average Bonchev–Trinajstić information content (AvgIpc) is 3.31. The monoisotopic (exact) mass is 455 g/mol. The first-order valence-electron chi connectivity index (χ1n) is 11.3. The van der Waals surface area contributed by atoms with Crippen LogP contribution in [0.25, 0.3) is 0 Å². The molecule has 0 spiro atoms. The van der Waals surface area contributed by atoms with E-state index in [0.717, 1.165) is 74.9 Å². The third-order valence-corrected chi connectivity index (χ3v) is 8.48. The number of pyridine rings is 1. The number of hydrogen-bond donors (Lipinski definition) is 1. The number of carbonyl (C=O) groups excluding carboxylic acids is 1. The number of aromatic nitrogens is 1. The second kappa shape index (κ2) is 8.37. The SMILES string of the molecule is CCS(=O)(=O)c1ccc(N2CCN(Cc3cnc4c(c3)NC(=O)[C@@H]3CCCN43)CC2)cc1. The number of nitrogens with one attached hydrogen (secondary N) is 1. The maximum Gasteiger partial charge on any atom is 0.247 e. The van der Waals surface area contributed by atoms with Crippen molar-refractivity contribution in [2.24, 2.45) is 0 Å². The highest BCUT2D eigenvalue weighted by atomic mass is 32.2. The zero-order valence-electron chi connectivity index (χ0n) is 18.3.